The van der Waals surface area contributed by atoms with Crippen molar-refractivity contribution in [2.24, 2.45) is 0 Å². The van der Waals surface area contributed by atoms with E-state index in [1.54, 1.807) is 43.3 Å². The van der Waals surface area contributed by atoms with E-state index in [-0.39, 0.29) is 12.4 Å². The molecule has 2 heterocycles. The van der Waals surface area contributed by atoms with Crippen LogP contribution in [0.25, 0.3) is 22.0 Å². The highest BCUT2D eigenvalue weighted by Gasteiger charge is 2.55. The van der Waals surface area contributed by atoms with Crippen molar-refractivity contribution < 1.29 is 27.8 Å². The van der Waals surface area contributed by atoms with Crippen LogP contribution in [0.4, 0.5) is 17.6 Å². The molecule has 2 atom stereocenters. The maximum atomic E-state index is 13.4. The fraction of sp³-hybridized carbons (Fsp3) is 0.292. The fourth-order valence-corrected chi connectivity index (χ4v) is 3.75. The van der Waals surface area contributed by atoms with Gasteiger partial charge in [-0.2, -0.15) is 13.2 Å². The lowest BCUT2D eigenvalue weighted by Crippen LogP contribution is -2.42. The van der Waals surface area contributed by atoms with E-state index in [9.17, 15) is 27.8 Å². The second-order valence-corrected chi connectivity index (χ2v) is 8.14. The zero-order valence-corrected chi connectivity index (χ0v) is 18.4. The molecule has 0 aliphatic rings. The Bertz CT molecular complexity index is 1320. The van der Waals surface area contributed by atoms with Crippen molar-refractivity contribution in [3.8, 4) is 11.1 Å². The molecule has 2 aromatic heterocycles. The van der Waals surface area contributed by atoms with Gasteiger partial charge in [0, 0.05) is 5.39 Å². The van der Waals surface area contributed by atoms with E-state index in [4.69, 9.17) is 0 Å². The minimum absolute atomic E-state index is 0.0903. The second-order valence-electron chi connectivity index (χ2n) is 8.14. The van der Waals surface area contributed by atoms with Gasteiger partial charge in [-0.05, 0) is 54.3 Å². The molecule has 34 heavy (non-hydrogen) atoms. The van der Waals surface area contributed by atoms with Crippen molar-refractivity contribution in [3.63, 3.8) is 0 Å². The van der Waals surface area contributed by atoms with Gasteiger partial charge in [0.2, 0.25) is 5.60 Å². The van der Waals surface area contributed by atoms with Gasteiger partial charge in [0.05, 0.1) is 30.1 Å². The van der Waals surface area contributed by atoms with Crippen molar-refractivity contribution in [2.45, 2.75) is 44.7 Å². The van der Waals surface area contributed by atoms with E-state index in [0.717, 1.165) is 22.7 Å². The van der Waals surface area contributed by atoms with E-state index >= 15 is 0 Å². The molecule has 1 unspecified atom stereocenters. The molecule has 0 saturated carbocycles. The topological polar surface area (TPSA) is 84.1 Å². The van der Waals surface area contributed by atoms with E-state index in [1.807, 2.05) is 0 Å². The molecule has 10 heteroatoms. The normalized spacial score (nSPS) is 14.8. The summed E-state index contributed by atoms with van der Waals surface area (Å²) in [7, 11) is 0. The number of halogens is 4. The summed E-state index contributed by atoms with van der Waals surface area (Å²) >= 11 is 0. The lowest BCUT2D eigenvalue weighted by Gasteiger charge is -2.26. The van der Waals surface area contributed by atoms with Gasteiger partial charge in [0.15, 0.2) is 0 Å². The molecule has 0 aliphatic carbocycles. The Morgan fingerprint density at radius 2 is 1.76 bits per heavy atom. The number of benzene rings is 2. The third kappa shape index (κ3) is 4.38. The smallest absolute Gasteiger partial charge is 0.387 e. The minimum atomic E-state index is -4.89. The van der Waals surface area contributed by atoms with E-state index in [0.29, 0.717) is 16.8 Å². The summed E-state index contributed by atoms with van der Waals surface area (Å²) < 4.78 is 54.6. The summed E-state index contributed by atoms with van der Waals surface area (Å²) in [5, 5.41) is 28.3. The molecule has 2 aromatic carbocycles. The predicted molar refractivity (Wildman–Crippen MR) is 117 cm³/mol. The Balaban J connectivity index is 1.72. The average Bonchev–Trinajstić information content (AvgIpc) is 3.26. The van der Waals surface area contributed by atoms with E-state index in [2.05, 4.69) is 15.3 Å². The first kappa shape index (κ1) is 23.8. The van der Waals surface area contributed by atoms with Crippen LogP contribution in [0, 0.1) is 5.82 Å². The molecule has 0 spiro atoms. The largest absolute Gasteiger partial charge is 0.423 e. The van der Waals surface area contributed by atoms with Crippen molar-refractivity contribution in [2.75, 3.05) is 0 Å². The molecule has 6 nitrogen and oxygen atoms in total. The third-order valence-electron chi connectivity index (χ3n) is 5.76. The van der Waals surface area contributed by atoms with Crippen molar-refractivity contribution in [1.29, 1.82) is 0 Å². The van der Waals surface area contributed by atoms with Crippen LogP contribution in [-0.4, -0.2) is 36.4 Å². The lowest BCUT2D eigenvalue weighted by atomic mass is 9.96. The Kier molecular flexibility index (Phi) is 6.13. The van der Waals surface area contributed by atoms with Gasteiger partial charge >= 0.3 is 6.18 Å². The zero-order chi connectivity index (χ0) is 24.7. The molecule has 0 saturated heterocycles. The van der Waals surface area contributed by atoms with Gasteiger partial charge in [-0.25, -0.2) is 9.07 Å². The number of aliphatic hydroxyl groups is 2. The summed E-state index contributed by atoms with van der Waals surface area (Å²) in [4.78, 5) is 4.51. The number of alkyl halides is 3. The summed E-state index contributed by atoms with van der Waals surface area (Å²) in [5.74, 6) is -0.368. The molecule has 4 aromatic rings. The monoisotopic (exact) mass is 474 g/mol. The van der Waals surface area contributed by atoms with Crippen LogP contribution in [0.2, 0.25) is 0 Å². The Morgan fingerprint density at radius 3 is 2.38 bits per heavy atom. The summed E-state index contributed by atoms with van der Waals surface area (Å²) in [6.07, 6.45) is -5.25. The van der Waals surface area contributed by atoms with Gasteiger partial charge in [0.25, 0.3) is 0 Å². The number of aromatic nitrogens is 4. The molecule has 0 aliphatic heterocycles. The second kappa shape index (κ2) is 8.77. The van der Waals surface area contributed by atoms with E-state index < -0.39 is 30.0 Å². The SMILES string of the molecule is CC[C@](O)(c1cn(Cc2ccc3c(-c4ccc(F)cc4)cc(C(C)O)nc3c2)nn1)C(F)(F)F. The highest BCUT2D eigenvalue weighted by molar-refractivity contribution is 5.95. The van der Waals surface area contributed by atoms with Crippen LogP contribution in [0.3, 0.4) is 0 Å². The molecule has 0 amide bonds. The number of fused-ring (bicyclic) bond motifs is 1. The van der Waals surface area contributed by atoms with Crippen LogP contribution < -0.4 is 0 Å². The predicted octanol–water partition coefficient (Wildman–Crippen LogP) is 4.89. The van der Waals surface area contributed by atoms with Crippen LogP contribution in [0.5, 0.6) is 0 Å². The standard InChI is InChI=1S/C24H22F4N4O2/c1-3-23(34,24(26,27)28)22-13-32(31-30-22)12-15-4-9-18-19(16-5-7-17(25)8-6-16)11-20(14(2)33)29-21(18)10-15/h4-11,13-14,33-34H,3,12H2,1-2H3/t14?,23-/m0/s1. The van der Waals surface area contributed by atoms with Crippen molar-refractivity contribution >= 4 is 10.9 Å². The quantitative estimate of drug-likeness (QED) is 0.389. The van der Waals surface area contributed by atoms with Gasteiger partial charge in [-0.1, -0.05) is 36.4 Å². The van der Waals surface area contributed by atoms with Crippen LogP contribution in [0.1, 0.15) is 43.3 Å². The Hall–Kier alpha value is -3.37. The first-order valence-corrected chi connectivity index (χ1v) is 10.6. The number of pyridine rings is 1. The number of hydrogen-bond donors (Lipinski definition) is 2. The maximum Gasteiger partial charge on any atom is 0.423 e. The Morgan fingerprint density at radius 1 is 1.06 bits per heavy atom. The van der Waals surface area contributed by atoms with Crippen LogP contribution >= 0.6 is 0 Å². The summed E-state index contributed by atoms with van der Waals surface area (Å²) in [5.41, 5.74) is -0.496. The van der Waals surface area contributed by atoms with E-state index in [1.165, 1.54) is 23.7 Å². The van der Waals surface area contributed by atoms with Crippen molar-refractivity contribution in [3.05, 3.63) is 77.5 Å². The molecule has 4 rings (SSSR count). The number of nitrogens with zero attached hydrogens (tertiary/aromatic N) is 4. The van der Waals surface area contributed by atoms with Crippen LogP contribution in [0.15, 0.2) is 54.7 Å². The first-order valence-electron chi connectivity index (χ1n) is 10.6. The first-order chi connectivity index (χ1) is 16.0. The van der Waals surface area contributed by atoms with Crippen LogP contribution in [-0.2, 0) is 12.1 Å². The van der Waals surface area contributed by atoms with Gasteiger partial charge in [-0.15, -0.1) is 5.10 Å². The highest BCUT2D eigenvalue weighted by Crippen LogP contribution is 2.40. The fourth-order valence-electron chi connectivity index (χ4n) is 3.75. The lowest BCUT2D eigenvalue weighted by molar-refractivity contribution is -0.269. The number of hydrogen-bond acceptors (Lipinski definition) is 5. The molecule has 178 valence electrons. The number of aliphatic hydroxyl groups excluding tert-OH is 1. The zero-order valence-electron chi connectivity index (χ0n) is 18.4. The van der Waals surface area contributed by atoms with Gasteiger partial charge in [0.1, 0.15) is 11.5 Å². The molecule has 0 fully saturated rings. The molecular weight excluding hydrogens is 452 g/mol. The average molecular weight is 474 g/mol. The summed E-state index contributed by atoms with van der Waals surface area (Å²) in [6.45, 7) is 2.89. The van der Waals surface area contributed by atoms with Crippen molar-refractivity contribution in [1.82, 2.24) is 20.0 Å². The molecule has 0 bridgehead atoms. The van der Waals surface area contributed by atoms with Gasteiger partial charge < -0.3 is 10.2 Å². The Labute approximate surface area is 192 Å². The number of rotatable bonds is 6. The minimum Gasteiger partial charge on any atom is -0.387 e. The molecular formula is C24H22F4N4O2. The third-order valence-corrected chi connectivity index (χ3v) is 5.76. The maximum absolute atomic E-state index is 13.4. The molecule has 0 radical (unpaired) electrons. The highest BCUT2D eigenvalue weighted by atomic mass is 19.4. The molecule has 2 N–H and O–H groups in total. The van der Waals surface area contributed by atoms with Gasteiger partial charge in [-0.3, -0.25) is 4.98 Å². The summed E-state index contributed by atoms with van der Waals surface area (Å²) in [6, 6.07) is 13.0.